The summed E-state index contributed by atoms with van der Waals surface area (Å²) in [4.78, 5) is 3.73. The Labute approximate surface area is 70.2 Å². The first-order valence-corrected chi connectivity index (χ1v) is 3.52. The maximum atomic E-state index is 9.10. The SMILES string of the molecule is Cc1cc(O)cc(N=C=S)c1. The van der Waals surface area contributed by atoms with Crippen LogP contribution in [-0.2, 0) is 0 Å². The van der Waals surface area contributed by atoms with Crippen LogP contribution in [0.5, 0.6) is 5.75 Å². The maximum absolute atomic E-state index is 9.10. The molecule has 11 heavy (non-hydrogen) atoms. The van der Waals surface area contributed by atoms with Crippen LogP contribution in [0, 0.1) is 6.92 Å². The monoisotopic (exact) mass is 165 g/mol. The Bertz CT molecular complexity index is 296. The number of isothiocyanates is 1. The topological polar surface area (TPSA) is 32.6 Å². The number of aromatic hydroxyl groups is 1. The Morgan fingerprint density at radius 3 is 2.73 bits per heavy atom. The second-order valence-corrected chi connectivity index (χ2v) is 2.41. The summed E-state index contributed by atoms with van der Waals surface area (Å²) < 4.78 is 0. The molecule has 0 fully saturated rings. The average molecular weight is 165 g/mol. The van der Waals surface area contributed by atoms with E-state index in [-0.39, 0.29) is 5.75 Å². The normalized spacial score (nSPS) is 8.82. The summed E-state index contributed by atoms with van der Waals surface area (Å²) in [6, 6.07) is 5.01. The number of hydrogen-bond acceptors (Lipinski definition) is 3. The molecule has 0 aliphatic carbocycles. The van der Waals surface area contributed by atoms with Crippen molar-refractivity contribution >= 4 is 23.1 Å². The van der Waals surface area contributed by atoms with Crippen LogP contribution < -0.4 is 0 Å². The molecule has 1 aromatic carbocycles. The molecule has 1 aromatic rings. The summed E-state index contributed by atoms with van der Waals surface area (Å²) in [6.45, 7) is 1.88. The molecule has 3 heteroatoms. The van der Waals surface area contributed by atoms with Gasteiger partial charge in [-0.05, 0) is 36.8 Å². The second kappa shape index (κ2) is 3.28. The predicted molar refractivity (Wildman–Crippen MR) is 47.5 cm³/mol. The molecule has 0 radical (unpaired) electrons. The Hall–Kier alpha value is -1.18. The van der Waals surface area contributed by atoms with E-state index >= 15 is 0 Å². The van der Waals surface area contributed by atoms with Crippen molar-refractivity contribution in [2.45, 2.75) is 6.92 Å². The number of aliphatic imine (C=N–C) groups is 1. The molecule has 0 heterocycles. The summed E-state index contributed by atoms with van der Waals surface area (Å²) in [7, 11) is 0. The molecule has 0 saturated heterocycles. The molecule has 0 spiro atoms. The zero-order chi connectivity index (χ0) is 8.27. The van der Waals surface area contributed by atoms with E-state index < -0.39 is 0 Å². The standard InChI is InChI=1S/C8H7NOS/c1-6-2-7(9-5-11)4-8(10)3-6/h2-4,10H,1H3. The van der Waals surface area contributed by atoms with Crippen LogP contribution in [0.1, 0.15) is 5.56 Å². The fourth-order valence-electron chi connectivity index (χ4n) is 0.860. The van der Waals surface area contributed by atoms with E-state index in [2.05, 4.69) is 22.4 Å². The van der Waals surface area contributed by atoms with Crippen LogP contribution in [0.2, 0.25) is 0 Å². The predicted octanol–water partition coefficient (Wildman–Crippen LogP) is 2.43. The lowest BCUT2D eigenvalue weighted by Crippen LogP contribution is -1.71. The molecule has 0 unspecified atom stereocenters. The fourth-order valence-corrected chi connectivity index (χ4v) is 0.966. The lowest BCUT2D eigenvalue weighted by molar-refractivity contribution is 0.475. The summed E-state index contributed by atoms with van der Waals surface area (Å²) in [6.07, 6.45) is 0. The van der Waals surface area contributed by atoms with Crippen molar-refractivity contribution < 1.29 is 5.11 Å². The maximum Gasteiger partial charge on any atom is 0.118 e. The van der Waals surface area contributed by atoms with Gasteiger partial charge < -0.3 is 5.11 Å². The minimum absolute atomic E-state index is 0.203. The van der Waals surface area contributed by atoms with Crippen LogP contribution >= 0.6 is 12.2 Å². The highest BCUT2D eigenvalue weighted by atomic mass is 32.1. The first kappa shape index (κ1) is 7.92. The van der Waals surface area contributed by atoms with E-state index in [4.69, 9.17) is 5.11 Å². The number of benzene rings is 1. The van der Waals surface area contributed by atoms with Crippen LogP contribution in [0.3, 0.4) is 0 Å². The van der Waals surface area contributed by atoms with E-state index in [9.17, 15) is 0 Å². The molecular weight excluding hydrogens is 158 g/mol. The van der Waals surface area contributed by atoms with E-state index in [1.165, 1.54) is 6.07 Å². The highest BCUT2D eigenvalue weighted by Gasteiger charge is 1.93. The molecule has 0 amide bonds. The Balaban J connectivity index is 3.18. The van der Waals surface area contributed by atoms with Crippen LogP contribution in [0.15, 0.2) is 23.2 Å². The first-order chi connectivity index (χ1) is 5.22. The Morgan fingerprint density at radius 2 is 2.18 bits per heavy atom. The van der Waals surface area contributed by atoms with Gasteiger partial charge >= 0.3 is 0 Å². The van der Waals surface area contributed by atoms with E-state index in [1.807, 2.05) is 13.0 Å². The molecule has 56 valence electrons. The average Bonchev–Trinajstić information content (AvgIpc) is 1.85. The van der Waals surface area contributed by atoms with Gasteiger partial charge in [0, 0.05) is 6.07 Å². The minimum atomic E-state index is 0.203. The van der Waals surface area contributed by atoms with Crippen LogP contribution in [-0.4, -0.2) is 10.3 Å². The molecule has 2 nitrogen and oxygen atoms in total. The quantitative estimate of drug-likeness (QED) is 0.512. The van der Waals surface area contributed by atoms with Gasteiger partial charge in [0.1, 0.15) is 5.75 Å². The second-order valence-electron chi connectivity index (χ2n) is 2.23. The Kier molecular flexibility index (Phi) is 2.36. The largest absolute Gasteiger partial charge is 0.508 e. The van der Waals surface area contributed by atoms with E-state index in [0.717, 1.165) is 5.56 Å². The smallest absolute Gasteiger partial charge is 0.118 e. The van der Waals surface area contributed by atoms with Gasteiger partial charge in [-0.2, -0.15) is 4.99 Å². The van der Waals surface area contributed by atoms with Gasteiger partial charge in [0.05, 0.1) is 10.8 Å². The van der Waals surface area contributed by atoms with E-state index in [1.54, 1.807) is 6.07 Å². The van der Waals surface area contributed by atoms with Gasteiger partial charge in [-0.3, -0.25) is 0 Å². The molecule has 0 aromatic heterocycles. The Morgan fingerprint density at radius 1 is 1.45 bits per heavy atom. The van der Waals surface area contributed by atoms with E-state index in [0.29, 0.717) is 5.69 Å². The third kappa shape index (κ3) is 2.15. The third-order valence-corrected chi connectivity index (χ3v) is 1.31. The van der Waals surface area contributed by atoms with Crippen molar-refractivity contribution in [3.05, 3.63) is 23.8 Å². The summed E-state index contributed by atoms with van der Waals surface area (Å²) in [5.74, 6) is 0.203. The van der Waals surface area contributed by atoms with Crippen molar-refractivity contribution in [3.8, 4) is 5.75 Å². The number of rotatable bonds is 1. The molecule has 0 aliphatic heterocycles. The van der Waals surface area contributed by atoms with Gasteiger partial charge in [0.25, 0.3) is 0 Å². The number of phenolic OH excluding ortho intramolecular Hbond substituents is 1. The van der Waals surface area contributed by atoms with Crippen molar-refractivity contribution in [2.75, 3.05) is 0 Å². The third-order valence-electron chi connectivity index (χ3n) is 1.22. The van der Waals surface area contributed by atoms with Gasteiger partial charge in [-0.25, -0.2) is 0 Å². The zero-order valence-corrected chi connectivity index (χ0v) is 6.85. The minimum Gasteiger partial charge on any atom is -0.508 e. The zero-order valence-electron chi connectivity index (χ0n) is 6.03. The fraction of sp³-hybridized carbons (Fsp3) is 0.125. The molecule has 0 atom stereocenters. The molecule has 1 N–H and O–H groups in total. The number of aryl methyl sites for hydroxylation is 1. The van der Waals surface area contributed by atoms with Gasteiger partial charge in [-0.15, -0.1) is 0 Å². The number of thiocarbonyl (C=S) groups is 1. The highest BCUT2D eigenvalue weighted by Crippen LogP contribution is 2.20. The summed E-state index contributed by atoms with van der Waals surface area (Å²) in [5.41, 5.74) is 1.59. The number of hydrogen-bond donors (Lipinski definition) is 1. The molecule has 0 aliphatic rings. The van der Waals surface area contributed by atoms with Crippen molar-refractivity contribution in [2.24, 2.45) is 4.99 Å². The van der Waals surface area contributed by atoms with Gasteiger partial charge in [0.15, 0.2) is 0 Å². The van der Waals surface area contributed by atoms with Crippen LogP contribution in [0.25, 0.3) is 0 Å². The summed E-state index contributed by atoms with van der Waals surface area (Å²) in [5, 5.41) is 11.3. The van der Waals surface area contributed by atoms with Crippen molar-refractivity contribution in [1.29, 1.82) is 0 Å². The number of phenols is 1. The first-order valence-electron chi connectivity index (χ1n) is 3.11. The van der Waals surface area contributed by atoms with Gasteiger partial charge in [0.2, 0.25) is 0 Å². The lowest BCUT2D eigenvalue weighted by Gasteiger charge is -1.95. The molecule has 1 rings (SSSR count). The molecule has 0 bridgehead atoms. The number of nitrogens with zero attached hydrogens (tertiary/aromatic N) is 1. The van der Waals surface area contributed by atoms with Crippen LogP contribution in [0.4, 0.5) is 5.69 Å². The van der Waals surface area contributed by atoms with Gasteiger partial charge in [-0.1, -0.05) is 0 Å². The van der Waals surface area contributed by atoms with Crippen molar-refractivity contribution in [3.63, 3.8) is 0 Å². The van der Waals surface area contributed by atoms with Crippen molar-refractivity contribution in [1.82, 2.24) is 0 Å². The lowest BCUT2D eigenvalue weighted by atomic mass is 10.2. The summed E-state index contributed by atoms with van der Waals surface area (Å²) >= 11 is 4.42. The molecule has 0 saturated carbocycles. The highest BCUT2D eigenvalue weighted by molar-refractivity contribution is 7.78. The molecular formula is C8H7NOS.